The van der Waals surface area contributed by atoms with Gasteiger partial charge in [-0.1, -0.05) is 24.9 Å². The third kappa shape index (κ3) is 2.78. The van der Waals surface area contributed by atoms with E-state index in [1.54, 1.807) is 0 Å². The van der Waals surface area contributed by atoms with Gasteiger partial charge in [0.25, 0.3) is 0 Å². The lowest BCUT2D eigenvalue weighted by molar-refractivity contribution is 0.870. The molecule has 3 nitrogen and oxygen atoms in total. The van der Waals surface area contributed by atoms with Gasteiger partial charge in [0.1, 0.15) is 5.82 Å². The zero-order chi connectivity index (χ0) is 12.4. The summed E-state index contributed by atoms with van der Waals surface area (Å²) in [6.45, 7) is 2.10. The molecule has 2 rings (SSSR count). The molecule has 17 heavy (non-hydrogen) atoms. The van der Waals surface area contributed by atoms with Crippen LogP contribution < -0.4 is 5.73 Å². The molecule has 2 N–H and O–H groups in total. The fraction of sp³-hybridized carbons (Fsp3) is 0.273. The average molecular weight is 333 g/mol. The fourth-order valence-electron chi connectivity index (χ4n) is 1.46. The minimum absolute atomic E-state index is 0.475. The molecule has 0 atom stereocenters. The van der Waals surface area contributed by atoms with E-state index in [0.29, 0.717) is 16.7 Å². The number of hydrogen-bond acceptors (Lipinski definition) is 4. The number of anilines is 1. The van der Waals surface area contributed by atoms with Crippen LogP contribution in [0.25, 0.3) is 10.7 Å². The van der Waals surface area contributed by atoms with Gasteiger partial charge in [0.05, 0.1) is 20.1 Å². The van der Waals surface area contributed by atoms with Crippen LogP contribution in [0.4, 0.5) is 5.82 Å². The molecule has 0 amide bonds. The first kappa shape index (κ1) is 12.8. The predicted molar refractivity (Wildman–Crippen MR) is 76.5 cm³/mol. The van der Waals surface area contributed by atoms with E-state index in [9.17, 15) is 0 Å². The van der Waals surface area contributed by atoms with E-state index in [2.05, 4.69) is 32.8 Å². The Morgan fingerprint density at radius 2 is 2.24 bits per heavy atom. The lowest BCUT2D eigenvalue weighted by atomic mass is 10.2. The molecule has 90 valence electrons. The highest BCUT2D eigenvalue weighted by Gasteiger charge is 2.12. The van der Waals surface area contributed by atoms with Crippen LogP contribution in [0.15, 0.2) is 15.9 Å². The van der Waals surface area contributed by atoms with E-state index in [4.69, 9.17) is 17.3 Å². The molecule has 0 unspecified atom stereocenters. The van der Waals surface area contributed by atoms with E-state index in [-0.39, 0.29) is 0 Å². The molecule has 0 saturated carbocycles. The van der Waals surface area contributed by atoms with E-state index >= 15 is 0 Å². The van der Waals surface area contributed by atoms with Gasteiger partial charge in [-0.05, 0) is 28.4 Å². The van der Waals surface area contributed by atoms with Crippen LogP contribution in [-0.4, -0.2) is 9.97 Å². The number of thiophene rings is 1. The van der Waals surface area contributed by atoms with E-state index < -0.39 is 0 Å². The summed E-state index contributed by atoms with van der Waals surface area (Å²) < 4.78 is 0.797. The maximum Gasteiger partial charge on any atom is 0.171 e. The largest absolute Gasteiger partial charge is 0.383 e. The quantitative estimate of drug-likeness (QED) is 0.918. The van der Waals surface area contributed by atoms with Crippen LogP contribution in [0.3, 0.4) is 0 Å². The van der Waals surface area contributed by atoms with Crippen LogP contribution in [0, 0.1) is 0 Å². The van der Waals surface area contributed by atoms with Crippen molar-refractivity contribution in [2.75, 3.05) is 5.73 Å². The molecule has 0 aromatic carbocycles. The highest BCUT2D eigenvalue weighted by atomic mass is 79.9. The standard InChI is InChI=1S/C11H11BrClN3S/c1-2-3-7-9(12)10(14)16-11(15-7)8-4-6(13)5-17-8/h4-5H,2-3H2,1H3,(H2,14,15,16). The van der Waals surface area contributed by atoms with Crippen molar-refractivity contribution in [1.29, 1.82) is 0 Å². The molecule has 2 heterocycles. The summed E-state index contributed by atoms with van der Waals surface area (Å²) in [6.07, 6.45) is 1.89. The van der Waals surface area contributed by atoms with Crippen LogP contribution >= 0.6 is 38.9 Å². The summed E-state index contributed by atoms with van der Waals surface area (Å²) in [5.41, 5.74) is 6.81. The second kappa shape index (κ2) is 5.33. The van der Waals surface area contributed by atoms with Crippen molar-refractivity contribution in [1.82, 2.24) is 9.97 Å². The van der Waals surface area contributed by atoms with Crippen molar-refractivity contribution >= 4 is 44.7 Å². The Morgan fingerprint density at radius 3 is 2.82 bits per heavy atom. The van der Waals surface area contributed by atoms with Crippen LogP contribution in [0.5, 0.6) is 0 Å². The maximum absolute atomic E-state index is 5.90. The number of halogens is 2. The van der Waals surface area contributed by atoms with Gasteiger partial charge in [0.15, 0.2) is 5.82 Å². The predicted octanol–water partition coefficient (Wildman–Crippen LogP) is 4.16. The van der Waals surface area contributed by atoms with Crippen LogP contribution in [0.1, 0.15) is 19.0 Å². The Hall–Kier alpha value is -0.650. The molecule has 0 aliphatic carbocycles. The maximum atomic E-state index is 5.90. The molecular weight excluding hydrogens is 322 g/mol. The van der Waals surface area contributed by atoms with Crippen molar-refractivity contribution in [3.05, 3.63) is 26.6 Å². The minimum Gasteiger partial charge on any atom is -0.383 e. The molecule has 2 aromatic heterocycles. The molecule has 0 saturated heterocycles. The number of nitrogen functional groups attached to an aromatic ring is 1. The Labute approximate surface area is 117 Å². The van der Waals surface area contributed by atoms with Crippen molar-refractivity contribution in [2.24, 2.45) is 0 Å². The fourth-order valence-corrected chi connectivity index (χ4v) is 2.84. The highest BCUT2D eigenvalue weighted by molar-refractivity contribution is 9.10. The molecule has 6 heteroatoms. The average Bonchev–Trinajstić information content (AvgIpc) is 2.71. The first-order valence-electron chi connectivity index (χ1n) is 5.18. The molecule has 0 bridgehead atoms. The summed E-state index contributed by atoms with van der Waals surface area (Å²) in [5, 5.41) is 2.56. The first-order valence-corrected chi connectivity index (χ1v) is 7.23. The van der Waals surface area contributed by atoms with Crippen LogP contribution in [0.2, 0.25) is 5.02 Å². The SMILES string of the molecule is CCCc1nc(-c2cc(Cl)cs2)nc(N)c1Br. The Balaban J connectivity index is 2.48. The molecule has 0 spiro atoms. The number of hydrogen-bond donors (Lipinski definition) is 1. The van der Waals surface area contributed by atoms with Crippen molar-refractivity contribution < 1.29 is 0 Å². The van der Waals surface area contributed by atoms with Gasteiger partial charge in [-0.15, -0.1) is 11.3 Å². The van der Waals surface area contributed by atoms with Gasteiger partial charge in [-0.3, -0.25) is 0 Å². The minimum atomic E-state index is 0.475. The summed E-state index contributed by atoms with van der Waals surface area (Å²) >= 11 is 10.8. The van der Waals surface area contributed by atoms with E-state index in [1.807, 2.05) is 11.4 Å². The first-order chi connectivity index (χ1) is 8.11. The third-order valence-corrected chi connectivity index (χ3v) is 4.36. The summed E-state index contributed by atoms with van der Waals surface area (Å²) in [6, 6.07) is 1.85. The zero-order valence-corrected chi connectivity index (χ0v) is 12.4. The Morgan fingerprint density at radius 1 is 1.47 bits per heavy atom. The molecule has 0 aliphatic heterocycles. The monoisotopic (exact) mass is 331 g/mol. The van der Waals surface area contributed by atoms with Gasteiger partial charge in [-0.2, -0.15) is 0 Å². The van der Waals surface area contributed by atoms with Gasteiger partial charge in [0.2, 0.25) is 0 Å². The second-order valence-electron chi connectivity index (χ2n) is 3.57. The van der Waals surface area contributed by atoms with Gasteiger partial charge in [-0.25, -0.2) is 9.97 Å². The lowest BCUT2D eigenvalue weighted by Gasteiger charge is -2.06. The van der Waals surface area contributed by atoms with Crippen molar-refractivity contribution in [2.45, 2.75) is 19.8 Å². The molecule has 0 fully saturated rings. The molecular formula is C11H11BrClN3S. The number of nitrogens with zero attached hydrogens (tertiary/aromatic N) is 2. The molecule has 2 aromatic rings. The number of aromatic nitrogens is 2. The normalized spacial score (nSPS) is 10.8. The Bertz CT molecular complexity index is 542. The molecule has 0 radical (unpaired) electrons. The highest BCUT2D eigenvalue weighted by Crippen LogP contribution is 2.30. The molecule has 0 aliphatic rings. The number of nitrogens with two attached hydrogens (primary N) is 1. The van der Waals surface area contributed by atoms with E-state index in [0.717, 1.165) is 27.9 Å². The Kier molecular flexibility index (Phi) is 4.01. The smallest absolute Gasteiger partial charge is 0.171 e. The van der Waals surface area contributed by atoms with Crippen LogP contribution in [-0.2, 0) is 6.42 Å². The van der Waals surface area contributed by atoms with Gasteiger partial charge >= 0.3 is 0 Å². The summed E-state index contributed by atoms with van der Waals surface area (Å²) in [4.78, 5) is 9.73. The van der Waals surface area contributed by atoms with Gasteiger partial charge in [0, 0.05) is 5.38 Å². The third-order valence-electron chi connectivity index (χ3n) is 2.22. The zero-order valence-electron chi connectivity index (χ0n) is 9.20. The lowest BCUT2D eigenvalue weighted by Crippen LogP contribution is -2.02. The number of aryl methyl sites for hydroxylation is 1. The second-order valence-corrected chi connectivity index (χ2v) is 5.71. The summed E-state index contributed by atoms with van der Waals surface area (Å²) in [5.74, 6) is 1.12. The topological polar surface area (TPSA) is 51.8 Å². The summed E-state index contributed by atoms with van der Waals surface area (Å²) in [7, 11) is 0. The van der Waals surface area contributed by atoms with Gasteiger partial charge < -0.3 is 5.73 Å². The van der Waals surface area contributed by atoms with E-state index in [1.165, 1.54) is 11.3 Å². The number of rotatable bonds is 3. The van der Waals surface area contributed by atoms with Crippen molar-refractivity contribution in [3.63, 3.8) is 0 Å². The van der Waals surface area contributed by atoms with Crippen molar-refractivity contribution in [3.8, 4) is 10.7 Å².